The highest BCUT2D eigenvalue weighted by Crippen LogP contribution is 2.24. The molecule has 22 heavy (non-hydrogen) atoms. The van der Waals surface area contributed by atoms with Crippen molar-refractivity contribution in [2.24, 2.45) is 5.10 Å². The minimum absolute atomic E-state index is 0.177. The van der Waals surface area contributed by atoms with Crippen molar-refractivity contribution < 1.29 is 4.79 Å². The van der Waals surface area contributed by atoms with Gasteiger partial charge in [-0.2, -0.15) is 5.10 Å². The number of hydrogen-bond donors (Lipinski definition) is 1. The van der Waals surface area contributed by atoms with E-state index in [0.717, 1.165) is 20.5 Å². The zero-order valence-corrected chi connectivity index (χ0v) is 15.0. The number of amides is 1. The van der Waals surface area contributed by atoms with Crippen molar-refractivity contribution in [2.45, 2.75) is 11.3 Å². The van der Waals surface area contributed by atoms with Crippen molar-refractivity contribution in [3.63, 3.8) is 0 Å². The van der Waals surface area contributed by atoms with Crippen molar-refractivity contribution in [3.8, 4) is 0 Å². The quantitative estimate of drug-likeness (QED) is 0.458. The van der Waals surface area contributed by atoms with Gasteiger partial charge in [-0.25, -0.2) is 5.43 Å². The van der Waals surface area contributed by atoms with Crippen LogP contribution in [0, 0.1) is 0 Å². The Morgan fingerprint density at radius 1 is 1.36 bits per heavy atom. The summed E-state index contributed by atoms with van der Waals surface area (Å²) in [6.45, 7) is 0. The van der Waals surface area contributed by atoms with Crippen molar-refractivity contribution in [1.82, 2.24) is 5.43 Å². The summed E-state index contributed by atoms with van der Waals surface area (Å²) in [5.41, 5.74) is 4.34. The molecule has 2 rings (SSSR count). The van der Waals surface area contributed by atoms with Crippen LogP contribution >= 0.6 is 39.3 Å². The molecule has 2 aromatic rings. The molecule has 0 atom stereocenters. The molecule has 114 valence electrons. The van der Waals surface area contributed by atoms with Gasteiger partial charge in [0.25, 0.3) is 0 Å². The Morgan fingerprint density at radius 3 is 2.91 bits per heavy atom. The van der Waals surface area contributed by atoms with E-state index in [0.29, 0.717) is 5.02 Å². The fourth-order valence-corrected chi connectivity index (χ4v) is 3.07. The van der Waals surface area contributed by atoms with Crippen LogP contribution in [0.15, 0.2) is 56.9 Å². The highest BCUT2D eigenvalue weighted by atomic mass is 79.9. The number of rotatable bonds is 5. The number of hydrogen-bond acceptors (Lipinski definition) is 3. The summed E-state index contributed by atoms with van der Waals surface area (Å²) in [7, 11) is 0. The standard InChI is InChI=1S/C16H14BrClN2OS/c1-22-15-6-5-14(18)8-12(15)9-16(21)20-19-10-11-3-2-4-13(17)7-11/h2-8,10H,9H2,1H3,(H,20,21)/b19-10-. The number of carbonyl (C=O) groups excluding carboxylic acids is 1. The highest BCUT2D eigenvalue weighted by molar-refractivity contribution is 9.10. The molecule has 1 N–H and O–H groups in total. The Kier molecular flexibility index (Phi) is 6.49. The van der Waals surface area contributed by atoms with Gasteiger partial charge in [-0.1, -0.05) is 39.7 Å². The summed E-state index contributed by atoms with van der Waals surface area (Å²) >= 11 is 11.0. The van der Waals surface area contributed by atoms with Crippen LogP contribution in [0.4, 0.5) is 0 Å². The normalized spacial score (nSPS) is 10.9. The zero-order valence-electron chi connectivity index (χ0n) is 11.8. The Hall–Kier alpha value is -1.30. The van der Waals surface area contributed by atoms with Gasteiger partial charge < -0.3 is 0 Å². The number of thioether (sulfide) groups is 1. The summed E-state index contributed by atoms with van der Waals surface area (Å²) < 4.78 is 0.964. The molecule has 1 amide bonds. The van der Waals surface area contributed by atoms with Gasteiger partial charge in [-0.05, 0) is 47.7 Å². The second-order valence-electron chi connectivity index (χ2n) is 4.48. The smallest absolute Gasteiger partial charge is 0.244 e. The maximum Gasteiger partial charge on any atom is 0.244 e. The molecule has 0 aliphatic rings. The molecule has 0 radical (unpaired) electrons. The molecule has 3 nitrogen and oxygen atoms in total. The number of nitrogens with zero attached hydrogens (tertiary/aromatic N) is 1. The monoisotopic (exact) mass is 396 g/mol. The Labute approximate surface area is 147 Å². The lowest BCUT2D eigenvalue weighted by atomic mass is 10.1. The van der Waals surface area contributed by atoms with Crippen LogP contribution in [0.3, 0.4) is 0 Å². The SMILES string of the molecule is CSc1ccc(Cl)cc1CC(=O)N/N=C\c1cccc(Br)c1. The molecule has 0 aliphatic heterocycles. The second kappa shape index (κ2) is 8.36. The minimum atomic E-state index is -0.177. The average Bonchev–Trinajstić information content (AvgIpc) is 2.47. The van der Waals surface area contributed by atoms with Crippen LogP contribution in [0.2, 0.25) is 5.02 Å². The van der Waals surface area contributed by atoms with E-state index in [1.165, 1.54) is 0 Å². The van der Waals surface area contributed by atoms with E-state index in [1.54, 1.807) is 18.0 Å². The first kappa shape index (κ1) is 17.1. The number of nitrogens with one attached hydrogen (secondary N) is 1. The van der Waals surface area contributed by atoms with Gasteiger partial charge >= 0.3 is 0 Å². The van der Waals surface area contributed by atoms with Gasteiger partial charge in [-0.3, -0.25) is 4.79 Å². The van der Waals surface area contributed by atoms with Gasteiger partial charge in [0.2, 0.25) is 5.91 Å². The van der Waals surface area contributed by atoms with Crippen LogP contribution in [0.5, 0.6) is 0 Å². The number of carbonyl (C=O) groups is 1. The lowest BCUT2D eigenvalue weighted by Gasteiger charge is -2.07. The topological polar surface area (TPSA) is 41.5 Å². The van der Waals surface area contributed by atoms with Crippen LogP contribution in [-0.4, -0.2) is 18.4 Å². The Morgan fingerprint density at radius 2 is 2.18 bits per heavy atom. The molecular formula is C16H14BrClN2OS. The van der Waals surface area contributed by atoms with Gasteiger partial charge in [0, 0.05) is 14.4 Å². The van der Waals surface area contributed by atoms with Crippen LogP contribution in [0.25, 0.3) is 0 Å². The number of hydrazone groups is 1. The molecule has 0 aromatic heterocycles. The van der Waals surface area contributed by atoms with Crippen LogP contribution in [-0.2, 0) is 11.2 Å². The second-order valence-corrected chi connectivity index (χ2v) is 6.68. The first-order valence-electron chi connectivity index (χ1n) is 6.48. The molecule has 0 aliphatic carbocycles. The highest BCUT2D eigenvalue weighted by Gasteiger charge is 2.08. The minimum Gasteiger partial charge on any atom is -0.273 e. The lowest BCUT2D eigenvalue weighted by molar-refractivity contribution is -0.120. The summed E-state index contributed by atoms with van der Waals surface area (Å²) in [6.07, 6.45) is 3.82. The van der Waals surface area contributed by atoms with Gasteiger partial charge in [0.15, 0.2) is 0 Å². The fourth-order valence-electron chi connectivity index (χ4n) is 1.86. The summed E-state index contributed by atoms with van der Waals surface area (Å²) in [4.78, 5) is 13.0. The Balaban J connectivity index is 1.97. The van der Waals surface area contributed by atoms with E-state index < -0.39 is 0 Å². The Bertz CT molecular complexity index is 706. The van der Waals surface area contributed by atoms with E-state index in [1.807, 2.05) is 48.7 Å². The van der Waals surface area contributed by atoms with E-state index in [2.05, 4.69) is 26.5 Å². The fraction of sp³-hybridized carbons (Fsp3) is 0.125. The summed E-state index contributed by atoms with van der Waals surface area (Å²) in [5, 5.41) is 4.59. The van der Waals surface area contributed by atoms with E-state index in [9.17, 15) is 4.79 Å². The first-order valence-corrected chi connectivity index (χ1v) is 8.88. The van der Waals surface area contributed by atoms with E-state index in [4.69, 9.17) is 11.6 Å². The number of halogens is 2. The molecule has 0 heterocycles. The predicted molar refractivity (Wildman–Crippen MR) is 96.8 cm³/mol. The molecular weight excluding hydrogens is 384 g/mol. The van der Waals surface area contributed by atoms with E-state index >= 15 is 0 Å². The molecule has 2 aromatic carbocycles. The largest absolute Gasteiger partial charge is 0.273 e. The van der Waals surface area contributed by atoms with Gasteiger partial charge in [-0.15, -0.1) is 11.8 Å². The lowest BCUT2D eigenvalue weighted by Crippen LogP contribution is -2.20. The maximum atomic E-state index is 12.0. The van der Waals surface area contributed by atoms with E-state index in [-0.39, 0.29) is 12.3 Å². The van der Waals surface area contributed by atoms with Gasteiger partial charge in [0.05, 0.1) is 12.6 Å². The van der Waals surface area contributed by atoms with Crippen LogP contribution < -0.4 is 5.43 Å². The maximum absolute atomic E-state index is 12.0. The predicted octanol–water partition coefficient (Wildman–Crippen LogP) is 4.52. The molecule has 0 fully saturated rings. The third-order valence-electron chi connectivity index (χ3n) is 2.85. The van der Waals surface area contributed by atoms with Crippen molar-refractivity contribution >= 4 is 51.4 Å². The van der Waals surface area contributed by atoms with Crippen LogP contribution in [0.1, 0.15) is 11.1 Å². The molecule has 0 bridgehead atoms. The summed E-state index contributed by atoms with van der Waals surface area (Å²) in [5.74, 6) is -0.177. The van der Waals surface area contributed by atoms with Gasteiger partial charge in [0.1, 0.15) is 0 Å². The molecule has 6 heteroatoms. The number of benzene rings is 2. The third kappa shape index (κ3) is 5.16. The summed E-state index contributed by atoms with van der Waals surface area (Å²) in [6, 6.07) is 13.2. The van der Waals surface area contributed by atoms with Crippen molar-refractivity contribution in [3.05, 3.63) is 63.1 Å². The zero-order chi connectivity index (χ0) is 15.9. The average molecular weight is 398 g/mol. The third-order valence-corrected chi connectivity index (χ3v) is 4.41. The van der Waals surface area contributed by atoms with Crippen molar-refractivity contribution in [2.75, 3.05) is 6.26 Å². The van der Waals surface area contributed by atoms with Crippen molar-refractivity contribution in [1.29, 1.82) is 0 Å². The molecule has 0 unspecified atom stereocenters. The molecule has 0 saturated heterocycles. The molecule has 0 spiro atoms. The first-order chi connectivity index (χ1) is 10.6. The molecule has 0 saturated carbocycles.